The molecule has 1 aromatic heterocycles. The zero-order chi connectivity index (χ0) is 21.6. The molecule has 154 valence electrons. The largest absolute Gasteiger partial charge is 0.494 e. The molecule has 6 heteroatoms. The maximum absolute atomic E-state index is 13.0. The number of carbonyl (C=O) groups is 1. The van der Waals surface area contributed by atoms with Crippen LogP contribution in [-0.4, -0.2) is 23.7 Å². The maximum atomic E-state index is 13.0. The molecule has 1 N–H and O–H groups in total. The van der Waals surface area contributed by atoms with Crippen LogP contribution >= 0.6 is 11.6 Å². The lowest BCUT2D eigenvalue weighted by molar-refractivity contribution is 0.0956. The average molecular weight is 430 g/mol. The van der Waals surface area contributed by atoms with E-state index < -0.39 is 0 Å². The molecule has 0 aliphatic heterocycles. The summed E-state index contributed by atoms with van der Waals surface area (Å²) in [6.07, 6.45) is 1.56. The van der Waals surface area contributed by atoms with Gasteiger partial charge in [-0.15, -0.1) is 0 Å². The molecule has 31 heavy (non-hydrogen) atoms. The van der Waals surface area contributed by atoms with Gasteiger partial charge in [0.1, 0.15) is 5.75 Å². The molecule has 3 aromatic carbocycles. The number of para-hydroxylation sites is 1. The van der Waals surface area contributed by atoms with E-state index in [1.807, 2.05) is 67.6 Å². The normalized spacial score (nSPS) is 11.0. The van der Waals surface area contributed by atoms with E-state index in [4.69, 9.17) is 21.3 Å². The highest BCUT2D eigenvalue weighted by atomic mass is 35.5. The van der Waals surface area contributed by atoms with Gasteiger partial charge in [-0.1, -0.05) is 54.1 Å². The van der Waals surface area contributed by atoms with Crippen molar-refractivity contribution in [1.82, 2.24) is 10.4 Å². The van der Waals surface area contributed by atoms with Crippen molar-refractivity contribution in [1.29, 1.82) is 0 Å². The lowest BCUT2D eigenvalue weighted by Crippen LogP contribution is -2.18. The summed E-state index contributed by atoms with van der Waals surface area (Å²) in [5.41, 5.74) is 6.17. The lowest BCUT2D eigenvalue weighted by Gasteiger charge is -2.10. The van der Waals surface area contributed by atoms with Gasteiger partial charge < -0.3 is 4.74 Å². The molecule has 4 aromatic rings. The number of rotatable bonds is 6. The van der Waals surface area contributed by atoms with E-state index in [1.54, 1.807) is 24.4 Å². The number of benzene rings is 3. The van der Waals surface area contributed by atoms with Crippen molar-refractivity contribution in [3.63, 3.8) is 0 Å². The van der Waals surface area contributed by atoms with E-state index in [2.05, 4.69) is 10.5 Å². The Labute approximate surface area is 185 Å². The minimum Gasteiger partial charge on any atom is -0.494 e. The van der Waals surface area contributed by atoms with Crippen LogP contribution in [0, 0.1) is 0 Å². The summed E-state index contributed by atoms with van der Waals surface area (Å²) in [4.78, 5) is 17.7. The third-order valence-electron chi connectivity index (χ3n) is 4.63. The molecule has 0 unspecified atom stereocenters. The van der Waals surface area contributed by atoms with Crippen LogP contribution in [0.3, 0.4) is 0 Å². The number of nitrogens with zero attached hydrogens (tertiary/aromatic N) is 2. The third kappa shape index (κ3) is 4.90. The van der Waals surface area contributed by atoms with Crippen LogP contribution in [0.15, 0.2) is 84.0 Å². The van der Waals surface area contributed by atoms with Crippen molar-refractivity contribution >= 4 is 34.6 Å². The molecule has 0 saturated heterocycles. The molecule has 4 rings (SSSR count). The number of carbonyl (C=O) groups excluding carboxylic acids is 1. The number of hydrogen-bond acceptors (Lipinski definition) is 4. The van der Waals surface area contributed by atoms with Gasteiger partial charge in [0, 0.05) is 16.0 Å². The summed E-state index contributed by atoms with van der Waals surface area (Å²) < 4.78 is 5.60. The summed E-state index contributed by atoms with van der Waals surface area (Å²) in [6, 6.07) is 24.2. The van der Waals surface area contributed by atoms with Crippen molar-refractivity contribution in [2.24, 2.45) is 5.10 Å². The first kappa shape index (κ1) is 20.6. The quantitative estimate of drug-likeness (QED) is 0.315. The van der Waals surface area contributed by atoms with Crippen molar-refractivity contribution in [3.8, 4) is 17.0 Å². The molecule has 1 heterocycles. The zero-order valence-electron chi connectivity index (χ0n) is 16.9. The number of fused-ring (bicyclic) bond motifs is 1. The number of nitrogens with one attached hydrogen (secondary N) is 1. The number of ether oxygens (including phenoxy) is 1. The fourth-order valence-corrected chi connectivity index (χ4v) is 3.43. The standard InChI is InChI=1S/C25H20ClN3O2/c1-2-31-20-10-6-8-18(14-20)24-15-22(21-11-3-4-12-23(21)28-24)25(30)29-27-16-17-7-5-9-19(26)13-17/h3-16H,2H2,1H3,(H,29,30). The Kier molecular flexibility index (Phi) is 6.24. The fraction of sp³-hybridized carbons (Fsp3) is 0.0800. The van der Waals surface area contributed by atoms with Crippen LogP contribution in [0.1, 0.15) is 22.8 Å². The van der Waals surface area contributed by atoms with Gasteiger partial charge in [-0.05, 0) is 48.9 Å². The van der Waals surface area contributed by atoms with Crippen LogP contribution in [0.4, 0.5) is 0 Å². The molecular formula is C25H20ClN3O2. The number of aromatic nitrogens is 1. The predicted molar refractivity (Wildman–Crippen MR) is 125 cm³/mol. The smallest absolute Gasteiger partial charge is 0.272 e. The first-order valence-corrected chi connectivity index (χ1v) is 10.2. The molecule has 5 nitrogen and oxygen atoms in total. The molecule has 0 fully saturated rings. The molecular weight excluding hydrogens is 410 g/mol. The van der Waals surface area contributed by atoms with Gasteiger partial charge in [0.2, 0.25) is 0 Å². The molecule has 0 atom stereocenters. The SMILES string of the molecule is CCOc1cccc(-c2cc(C(=O)NN=Cc3cccc(Cl)c3)c3ccccc3n2)c1. The number of hydrogen-bond donors (Lipinski definition) is 1. The van der Waals surface area contributed by atoms with Gasteiger partial charge in [0.15, 0.2) is 0 Å². The van der Waals surface area contributed by atoms with E-state index in [9.17, 15) is 4.79 Å². The number of hydrazone groups is 1. The molecule has 0 aliphatic carbocycles. The highest BCUT2D eigenvalue weighted by molar-refractivity contribution is 6.30. The molecule has 1 amide bonds. The minimum atomic E-state index is -0.320. The molecule has 0 aliphatic rings. The maximum Gasteiger partial charge on any atom is 0.272 e. The first-order valence-electron chi connectivity index (χ1n) is 9.86. The number of pyridine rings is 1. The van der Waals surface area contributed by atoms with Crippen molar-refractivity contribution < 1.29 is 9.53 Å². The number of amides is 1. The number of halogens is 1. The van der Waals surface area contributed by atoms with Crippen LogP contribution in [0.25, 0.3) is 22.2 Å². The lowest BCUT2D eigenvalue weighted by atomic mass is 10.0. The highest BCUT2D eigenvalue weighted by Gasteiger charge is 2.14. The zero-order valence-corrected chi connectivity index (χ0v) is 17.6. The van der Waals surface area contributed by atoms with Crippen LogP contribution in [0.2, 0.25) is 5.02 Å². The molecule has 0 bridgehead atoms. The summed E-state index contributed by atoms with van der Waals surface area (Å²) in [5, 5.41) is 5.44. The third-order valence-corrected chi connectivity index (χ3v) is 4.87. The second-order valence-electron chi connectivity index (χ2n) is 6.79. The monoisotopic (exact) mass is 429 g/mol. The van der Waals surface area contributed by atoms with Crippen molar-refractivity contribution in [2.45, 2.75) is 6.92 Å². The van der Waals surface area contributed by atoms with E-state index in [1.165, 1.54) is 0 Å². The minimum absolute atomic E-state index is 0.320. The Bertz CT molecular complexity index is 1270. The Balaban J connectivity index is 1.68. The average Bonchev–Trinajstić information content (AvgIpc) is 2.79. The summed E-state index contributed by atoms with van der Waals surface area (Å²) in [7, 11) is 0. The van der Waals surface area contributed by atoms with E-state index in [0.29, 0.717) is 22.9 Å². The van der Waals surface area contributed by atoms with E-state index in [0.717, 1.165) is 27.8 Å². The first-order chi connectivity index (χ1) is 15.1. The second kappa shape index (κ2) is 9.41. The van der Waals surface area contributed by atoms with Crippen LogP contribution in [0.5, 0.6) is 5.75 Å². The predicted octanol–water partition coefficient (Wildman–Crippen LogP) is 5.72. The van der Waals surface area contributed by atoms with Crippen molar-refractivity contribution in [2.75, 3.05) is 6.61 Å². The Hall–Kier alpha value is -3.70. The second-order valence-corrected chi connectivity index (χ2v) is 7.22. The molecule has 0 saturated carbocycles. The Morgan fingerprint density at radius 1 is 1.06 bits per heavy atom. The topological polar surface area (TPSA) is 63.6 Å². The van der Waals surface area contributed by atoms with Gasteiger partial charge in [-0.2, -0.15) is 5.10 Å². The van der Waals surface area contributed by atoms with E-state index >= 15 is 0 Å². The summed E-state index contributed by atoms with van der Waals surface area (Å²) in [5.74, 6) is 0.436. The molecule has 0 radical (unpaired) electrons. The van der Waals surface area contributed by atoms with Gasteiger partial charge in [-0.25, -0.2) is 10.4 Å². The summed E-state index contributed by atoms with van der Waals surface area (Å²) >= 11 is 5.99. The Morgan fingerprint density at radius 2 is 1.90 bits per heavy atom. The highest BCUT2D eigenvalue weighted by Crippen LogP contribution is 2.27. The van der Waals surface area contributed by atoms with Gasteiger partial charge in [0.05, 0.1) is 29.6 Å². The fourth-order valence-electron chi connectivity index (χ4n) is 3.24. The van der Waals surface area contributed by atoms with E-state index in [-0.39, 0.29) is 5.91 Å². The van der Waals surface area contributed by atoms with Gasteiger partial charge in [0.25, 0.3) is 5.91 Å². The Morgan fingerprint density at radius 3 is 2.74 bits per heavy atom. The van der Waals surface area contributed by atoms with Crippen LogP contribution in [-0.2, 0) is 0 Å². The molecule has 0 spiro atoms. The van der Waals surface area contributed by atoms with Crippen molar-refractivity contribution in [3.05, 3.63) is 95.0 Å². The summed E-state index contributed by atoms with van der Waals surface area (Å²) in [6.45, 7) is 2.51. The van der Waals surface area contributed by atoms with Crippen LogP contribution < -0.4 is 10.2 Å². The van der Waals surface area contributed by atoms with Gasteiger partial charge in [-0.3, -0.25) is 4.79 Å². The van der Waals surface area contributed by atoms with Gasteiger partial charge >= 0.3 is 0 Å².